The van der Waals surface area contributed by atoms with Crippen LogP contribution in [0.3, 0.4) is 0 Å². The standard InChI is InChI=1S/C15H23N3O/c1-16-9-14-18-17-13(19-14)8-15-5-10-2-11(6-15)4-12(3-10)7-15/h10-12,16H,2-9H2,1H3. The lowest BCUT2D eigenvalue weighted by Crippen LogP contribution is -2.47. The van der Waals surface area contributed by atoms with Gasteiger partial charge in [0.15, 0.2) is 0 Å². The van der Waals surface area contributed by atoms with Crippen LogP contribution in [-0.4, -0.2) is 17.2 Å². The van der Waals surface area contributed by atoms with Crippen LogP contribution >= 0.6 is 0 Å². The molecule has 0 saturated heterocycles. The Hall–Kier alpha value is -0.900. The predicted molar refractivity (Wildman–Crippen MR) is 71.4 cm³/mol. The molecule has 4 heteroatoms. The Bertz CT molecular complexity index is 432. The molecule has 1 aromatic rings. The molecule has 4 saturated carbocycles. The first-order chi connectivity index (χ1) is 9.25. The molecule has 4 bridgehead atoms. The number of hydrogen-bond acceptors (Lipinski definition) is 4. The summed E-state index contributed by atoms with van der Waals surface area (Å²) in [5.74, 6) is 4.57. The molecule has 0 radical (unpaired) electrons. The SMILES string of the molecule is CNCc1nnc(CC23CC4CC(CC(C4)C2)C3)o1. The summed E-state index contributed by atoms with van der Waals surface area (Å²) in [6.07, 6.45) is 9.72. The van der Waals surface area contributed by atoms with Crippen molar-refractivity contribution in [1.29, 1.82) is 0 Å². The van der Waals surface area contributed by atoms with Gasteiger partial charge in [-0.1, -0.05) is 0 Å². The topological polar surface area (TPSA) is 51.0 Å². The van der Waals surface area contributed by atoms with Gasteiger partial charge in [-0.25, -0.2) is 0 Å². The highest BCUT2D eigenvalue weighted by molar-refractivity contribution is 5.04. The lowest BCUT2D eigenvalue weighted by Gasteiger charge is -2.56. The van der Waals surface area contributed by atoms with Gasteiger partial charge >= 0.3 is 0 Å². The van der Waals surface area contributed by atoms with Crippen molar-refractivity contribution in [3.63, 3.8) is 0 Å². The fourth-order valence-corrected chi connectivity index (χ4v) is 5.41. The molecular weight excluding hydrogens is 238 g/mol. The van der Waals surface area contributed by atoms with Gasteiger partial charge in [0.05, 0.1) is 6.54 Å². The van der Waals surface area contributed by atoms with Crippen molar-refractivity contribution in [2.75, 3.05) is 7.05 Å². The summed E-state index contributed by atoms with van der Waals surface area (Å²) < 4.78 is 5.78. The van der Waals surface area contributed by atoms with Crippen molar-refractivity contribution >= 4 is 0 Å². The van der Waals surface area contributed by atoms with Crippen molar-refractivity contribution in [3.05, 3.63) is 11.8 Å². The van der Waals surface area contributed by atoms with Gasteiger partial charge < -0.3 is 9.73 Å². The van der Waals surface area contributed by atoms with Crippen molar-refractivity contribution in [2.45, 2.75) is 51.5 Å². The zero-order valence-electron chi connectivity index (χ0n) is 11.7. The van der Waals surface area contributed by atoms with E-state index in [-0.39, 0.29) is 0 Å². The zero-order valence-corrected chi connectivity index (χ0v) is 11.7. The molecule has 0 aromatic carbocycles. The molecule has 4 aliphatic carbocycles. The van der Waals surface area contributed by atoms with Crippen LogP contribution in [0.1, 0.15) is 50.3 Å². The maximum Gasteiger partial charge on any atom is 0.230 e. The van der Waals surface area contributed by atoms with Gasteiger partial charge in [-0.05, 0) is 68.7 Å². The fraction of sp³-hybridized carbons (Fsp3) is 0.867. The van der Waals surface area contributed by atoms with Gasteiger partial charge in [-0.2, -0.15) is 0 Å². The van der Waals surface area contributed by atoms with E-state index in [9.17, 15) is 0 Å². The van der Waals surface area contributed by atoms with Crippen molar-refractivity contribution in [2.24, 2.45) is 23.2 Å². The second-order valence-corrected chi connectivity index (χ2v) is 7.21. The minimum atomic E-state index is 0.498. The molecular formula is C15H23N3O. The van der Waals surface area contributed by atoms with Crippen LogP contribution in [-0.2, 0) is 13.0 Å². The van der Waals surface area contributed by atoms with Gasteiger partial charge in [0.2, 0.25) is 11.8 Å². The summed E-state index contributed by atoms with van der Waals surface area (Å²) in [6.45, 7) is 0.674. The van der Waals surface area contributed by atoms with Crippen molar-refractivity contribution in [3.8, 4) is 0 Å². The third kappa shape index (κ3) is 2.10. The highest BCUT2D eigenvalue weighted by Crippen LogP contribution is 2.60. The number of nitrogens with zero attached hydrogens (tertiary/aromatic N) is 2. The minimum absolute atomic E-state index is 0.498. The Morgan fingerprint density at radius 2 is 1.63 bits per heavy atom. The van der Waals surface area contributed by atoms with Crippen molar-refractivity contribution < 1.29 is 4.42 Å². The molecule has 4 nitrogen and oxygen atoms in total. The van der Waals surface area contributed by atoms with Gasteiger partial charge in [0.1, 0.15) is 0 Å². The summed E-state index contributed by atoms with van der Waals surface area (Å²) in [4.78, 5) is 0. The normalized spacial score (nSPS) is 39.9. The molecule has 1 N–H and O–H groups in total. The minimum Gasteiger partial charge on any atom is -0.424 e. The van der Waals surface area contributed by atoms with E-state index in [1.165, 1.54) is 38.5 Å². The molecule has 19 heavy (non-hydrogen) atoms. The molecule has 104 valence electrons. The molecule has 0 atom stereocenters. The predicted octanol–water partition coefficient (Wildman–Crippen LogP) is 2.55. The highest BCUT2D eigenvalue weighted by atomic mass is 16.4. The van der Waals surface area contributed by atoms with E-state index in [4.69, 9.17) is 4.42 Å². The Morgan fingerprint density at radius 3 is 2.21 bits per heavy atom. The molecule has 4 aliphatic rings. The smallest absolute Gasteiger partial charge is 0.230 e. The van der Waals surface area contributed by atoms with Crippen LogP contribution in [0.4, 0.5) is 0 Å². The first kappa shape index (κ1) is 11.9. The monoisotopic (exact) mass is 261 g/mol. The number of hydrogen-bond donors (Lipinski definition) is 1. The molecule has 4 fully saturated rings. The van der Waals surface area contributed by atoms with Crippen LogP contribution in [0.5, 0.6) is 0 Å². The van der Waals surface area contributed by atoms with E-state index in [1.54, 1.807) is 0 Å². The molecule has 1 aromatic heterocycles. The third-order valence-electron chi connectivity index (χ3n) is 5.53. The van der Waals surface area contributed by atoms with Gasteiger partial charge in [-0.3, -0.25) is 0 Å². The maximum absolute atomic E-state index is 5.78. The van der Waals surface area contributed by atoms with E-state index < -0.39 is 0 Å². The molecule has 0 unspecified atom stereocenters. The van der Waals surface area contributed by atoms with Crippen LogP contribution in [0.15, 0.2) is 4.42 Å². The Kier molecular flexibility index (Phi) is 2.69. The lowest BCUT2D eigenvalue weighted by atomic mass is 9.49. The second-order valence-electron chi connectivity index (χ2n) is 7.21. The maximum atomic E-state index is 5.78. The first-order valence-electron chi connectivity index (χ1n) is 7.70. The molecule has 0 spiro atoms. The highest BCUT2D eigenvalue weighted by Gasteiger charge is 2.51. The zero-order chi connectivity index (χ0) is 12.9. The molecule has 5 rings (SSSR count). The summed E-state index contributed by atoms with van der Waals surface area (Å²) in [7, 11) is 1.91. The Labute approximate surface area is 114 Å². The lowest BCUT2D eigenvalue weighted by molar-refractivity contribution is -0.0552. The van der Waals surface area contributed by atoms with E-state index >= 15 is 0 Å². The first-order valence-corrected chi connectivity index (χ1v) is 7.70. The van der Waals surface area contributed by atoms with Gasteiger partial charge in [0, 0.05) is 6.42 Å². The van der Waals surface area contributed by atoms with Crippen LogP contribution in [0.25, 0.3) is 0 Å². The Balaban J connectivity index is 1.52. The quantitative estimate of drug-likeness (QED) is 0.905. The van der Waals surface area contributed by atoms with Gasteiger partial charge in [-0.15, -0.1) is 10.2 Å². The molecule has 1 heterocycles. The largest absolute Gasteiger partial charge is 0.424 e. The summed E-state index contributed by atoms with van der Waals surface area (Å²) in [5, 5.41) is 11.4. The number of nitrogens with one attached hydrogen (secondary N) is 1. The molecule has 0 amide bonds. The fourth-order valence-electron chi connectivity index (χ4n) is 5.41. The number of rotatable bonds is 4. The summed E-state index contributed by atoms with van der Waals surface area (Å²) in [5.41, 5.74) is 0.498. The average molecular weight is 261 g/mol. The molecule has 0 aliphatic heterocycles. The van der Waals surface area contributed by atoms with E-state index in [1.807, 2.05) is 7.05 Å². The Morgan fingerprint density at radius 1 is 1.05 bits per heavy atom. The average Bonchev–Trinajstić information content (AvgIpc) is 2.74. The van der Waals surface area contributed by atoms with Crippen LogP contribution in [0.2, 0.25) is 0 Å². The van der Waals surface area contributed by atoms with E-state index in [2.05, 4.69) is 15.5 Å². The number of aromatic nitrogens is 2. The van der Waals surface area contributed by atoms with Gasteiger partial charge in [0.25, 0.3) is 0 Å². The van der Waals surface area contributed by atoms with Crippen LogP contribution < -0.4 is 5.32 Å². The third-order valence-corrected chi connectivity index (χ3v) is 5.53. The van der Waals surface area contributed by atoms with E-state index in [0.29, 0.717) is 12.0 Å². The summed E-state index contributed by atoms with van der Waals surface area (Å²) in [6, 6.07) is 0. The van der Waals surface area contributed by atoms with Crippen LogP contribution in [0, 0.1) is 23.2 Å². The summed E-state index contributed by atoms with van der Waals surface area (Å²) >= 11 is 0. The van der Waals surface area contributed by atoms with E-state index in [0.717, 1.165) is 36.0 Å². The van der Waals surface area contributed by atoms with Crippen molar-refractivity contribution in [1.82, 2.24) is 15.5 Å². The second kappa shape index (κ2) is 4.30.